The van der Waals surface area contributed by atoms with Crippen molar-refractivity contribution in [3.05, 3.63) is 35.2 Å². The van der Waals surface area contributed by atoms with Gasteiger partial charge in [-0.05, 0) is 41.8 Å². The highest BCUT2D eigenvalue weighted by Crippen LogP contribution is 2.26. The van der Waals surface area contributed by atoms with E-state index in [9.17, 15) is 0 Å². The average molecular weight is 249 g/mol. The molecular weight excluding hydrogens is 230 g/mol. The highest BCUT2D eigenvalue weighted by atomic mass is 32.1. The lowest BCUT2D eigenvalue weighted by atomic mass is 10.1. The second-order valence-electron chi connectivity index (χ2n) is 4.10. The molecule has 0 saturated heterocycles. The average Bonchev–Trinajstić information content (AvgIpc) is 2.77. The lowest BCUT2D eigenvalue weighted by Crippen LogP contribution is -2.20. The zero-order chi connectivity index (χ0) is 11.9. The van der Waals surface area contributed by atoms with E-state index in [0.29, 0.717) is 0 Å². The Hall–Kier alpha value is -0.900. The maximum atomic E-state index is 4.99. The van der Waals surface area contributed by atoms with E-state index >= 15 is 0 Å². The molecule has 0 spiro atoms. The third-order valence-electron chi connectivity index (χ3n) is 2.84. The quantitative estimate of drug-likeness (QED) is 0.761. The fourth-order valence-corrected chi connectivity index (χ4v) is 2.93. The van der Waals surface area contributed by atoms with Crippen LogP contribution < -0.4 is 5.32 Å². The van der Waals surface area contributed by atoms with Crippen molar-refractivity contribution in [3.8, 4) is 0 Å². The van der Waals surface area contributed by atoms with Gasteiger partial charge in [-0.25, -0.2) is 0 Å². The number of methoxy groups -OCH3 is 1. The molecule has 2 aromatic rings. The summed E-state index contributed by atoms with van der Waals surface area (Å²) in [5.74, 6) is 0. The van der Waals surface area contributed by atoms with Crippen molar-refractivity contribution < 1.29 is 4.74 Å². The SMILES string of the molecule is COCCNCCCc1csc2ccccc12. The summed E-state index contributed by atoms with van der Waals surface area (Å²) in [4.78, 5) is 0. The lowest BCUT2D eigenvalue weighted by Gasteiger charge is -2.03. The Kier molecular flexibility index (Phi) is 4.98. The van der Waals surface area contributed by atoms with Crippen molar-refractivity contribution in [2.75, 3.05) is 26.8 Å². The molecule has 0 unspecified atom stereocenters. The van der Waals surface area contributed by atoms with E-state index < -0.39 is 0 Å². The highest BCUT2D eigenvalue weighted by molar-refractivity contribution is 7.17. The molecule has 0 fully saturated rings. The fourth-order valence-electron chi connectivity index (χ4n) is 1.93. The van der Waals surface area contributed by atoms with Crippen LogP contribution in [0.15, 0.2) is 29.6 Å². The maximum Gasteiger partial charge on any atom is 0.0587 e. The second-order valence-corrected chi connectivity index (χ2v) is 5.01. The summed E-state index contributed by atoms with van der Waals surface area (Å²) in [6.07, 6.45) is 2.34. The maximum absolute atomic E-state index is 4.99. The van der Waals surface area contributed by atoms with Gasteiger partial charge in [-0.3, -0.25) is 0 Å². The van der Waals surface area contributed by atoms with Gasteiger partial charge in [0.25, 0.3) is 0 Å². The van der Waals surface area contributed by atoms with Crippen LogP contribution in [0.4, 0.5) is 0 Å². The molecule has 0 radical (unpaired) electrons. The number of ether oxygens (including phenoxy) is 1. The third-order valence-corrected chi connectivity index (χ3v) is 3.86. The van der Waals surface area contributed by atoms with Gasteiger partial charge < -0.3 is 10.1 Å². The number of rotatable bonds is 7. The lowest BCUT2D eigenvalue weighted by molar-refractivity contribution is 0.199. The van der Waals surface area contributed by atoms with Gasteiger partial charge in [-0.1, -0.05) is 18.2 Å². The Morgan fingerprint density at radius 1 is 1.24 bits per heavy atom. The minimum absolute atomic E-state index is 0.793. The van der Waals surface area contributed by atoms with Crippen LogP contribution in [0.1, 0.15) is 12.0 Å². The summed E-state index contributed by atoms with van der Waals surface area (Å²) in [5, 5.41) is 7.09. The molecule has 2 rings (SSSR count). The van der Waals surface area contributed by atoms with E-state index in [4.69, 9.17) is 4.74 Å². The number of benzene rings is 1. The zero-order valence-corrected chi connectivity index (χ0v) is 11.1. The first-order chi connectivity index (χ1) is 8.42. The molecule has 1 heterocycles. The molecule has 92 valence electrons. The van der Waals surface area contributed by atoms with Crippen LogP contribution in [0.25, 0.3) is 10.1 Å². The minimum Gasteiger partial charge on any atom is -0.383 e. The standard InChI is InChI=1S/C14H19NOS/c1-16-10-9-15-8-4-5-12-11-17-14-7-3-2-6-13(12)14/h2-3,6-7,11,15H,4-5,8-10H2,1H3. The first kappa shape index (κ1) is 12.6. The van der Waals surface area contributed by atoms with Crippen LogP contribution >= 0.6 is 11.3 Å². The summed E-state index contributed by atoms with van der Waals surface area (Å²) in [5.41, 5.74) is 1.49. The Balaban J connectivity index is 1.79. The van der Waals surface area contributed by atoms with E-state index in [-0.39, 0.29) is 0 Å². The van der Waals surface area contributed by atoms with E-state index in [1.165, 1.54) is 22.1 Å². The van der Waals surface area contributed by atoms with Crippen molar-refractivity contribution in [3.63, 3.8) is 0 Å². The number of nitrogens with one attached hydrogen (secondary N) is 1. The Morgan fingerprint density at radius 2 is 2.12 bits per heavy atom. The van der Waals surface area contributed by atoms with Crippen LogP contribution in [-0.4, -0.2) is 26.8 Å². The topological polar surface area (TPSA) is 21.3 Å². The largest absolute Gasteiger partial charge is 0.383 e. The molecule has 0 aliphatic heterocycles. The smallest absolute Gasteiger partial charge is 0.0587 e. The third kappa shape index (κ3) is 3.53. The molecule has 0 atom stereocenters. The summed E-state index contributed by atoms with van der Waals surface area (Å²) in [7, 11) is 1.74. The normalized spacial score (nSPS) is 11.1. The molecule has 0 saturated carbocycles. The zero-order valence-electron chi connectivity index (χ0n) is 10.2. The molecule has 0 amide bonds. The van der Waals surface area contributed by atoms with Gasteiger partial charge >= 0.3 is 0 Å². The first-order valence-electron chi connectivity index (χ1n) is 6.06. The Labute approximate surface area is 107 Å². The number of thiophene rings is 1. The summed E-state index contributed by atoms with van der Waals surface area (Å²) >= 11 is 1.85. The van der Waals surface area contributed by atoms with Crippen LogP contribution in [0.5, 0.6) is 0 Å². The van der Waals surface area contributed by atoms with Gasteiger partial charge in [-0.2, -0.15) is 0 Å². The molecule has 1 aromatic heterocycles. The van der Waals surface area contributed by atoms with E-state index in [1.54, 1.807) is 7.11 Å². The summed E-state index contributed by atoms with van der Waals surface area (Å²) in [6.45, 7) is 2.80. The van der Waals surface area contributed by atoms with Crippen LogP contribution in [-0.2, 0) is 11.2 Å². The van der Waals surface area contributed by atoms with Gasteiger partial charge in [0, 0.05) is 18.4 Å². The minimum atomic E-state index is 0.793. The molecule has 0 aliphatic carbocycles. The van der Waals surface area contributed by atoms with Crippen LogP contribution in [0.3, 0.4) is 0 Å². The number of aryl methyl sites for hydroxylation is 1. The van der Waals surface area contributed by atoms with Gasteiger partial charge in [0.05, 0.1) is 6.61 Å². The fraction of sp³-hybridized carbons (Fsp3) is 0.429. The van der Waals surface area contributed by atoms with E-state index in [2.05, 4.69) is 35.0 Å². The summed E-state index contributed by atoms with van der Waals surface area (Å²) < 4.78 is 6.39. The highest BCUT2D eigenvalue weighted by Gasteiger charge is 2.02. The van der Waals surface area contributed by atoms with Gasteiger partial charge in [0.1, 0.15) is 0 Å². The predicted molar refractivity (Wildman–Crippen MR) is 74.9 cm³/mol. The van der Waals surface area contributed by atoms with Crippen molar-refractivity contribution >= 4 is 21.4 Å². The first-order valence-corrected chi connectivity index (χ1v) is 6.94. The van der Waals surface area contributed by atoms with Gasteiger partial charge in [0.15, 0.2) is 0 Å². The number of fused-ring (bicyclic) bond motifs is 1. The predicted octanol–water partition coefficient (Wildman–Crippen LogP) is 3.07. The molecule has 1 aromatic carbocycles. The Bertz CT molecular complexity index is 452. The van der Waals surface area contributed by atoms with Crippen molar-refractivity contribution in [1.82, 2.24) is 5.32 Å². The van der Waals surface area contributed by atoms with E-state index in [1.807, 2.05) is 11.3 Å². The van der Waals surface area contributed by atoms with Crippen molar-refractivity contribution in [2.45, 2.75) is 12.8 Å². The molecule has 0 aliphatic rings. The monoisotopic (exact) mass is 249 g/mol. The van der Waals surface area contributed by atoms with Crippen molar-refractivity contribution in [2.24, 2.45) is 0 Å². The molecule has 2 nitrogen and oxygen atoms in total. The Morgan fingerprint density at radius 3 is 3.00 bits per heavy atom. The summed E-state index contributed by atoms with van der Waals surface area (Å²) in [6, 6.07) is 8.64. The van der Waals surface area contributed by atoms with E-state index in [0.717, 1.165) is 26.1 Å². The second kappa shape index (κ2) is 6.74. The molecular formula is C14H19NOS. The van der Waals surface area contributed by atoms with Crippen molar-refractivity contribution in [1.29, 1.82) is 0 Å². The van der Waals surface area contributed by atoms with Crippen LogP contribution in [0, 0.1) is 0 Å². The number of hydrogen-bond acceptors (Lipinski definition) is 3. The molecule has 3 heteroatoms. The molecule has 17 heavy (non-hydrogen) atoms. The van der Waals surface area contributed by atoms with Crippen LogP contribution in [0.2, 0.25) is 0 Å². The molecule has 0 bridgehead atoms. The van der Waals surface area contributed by atoms with Gasteiger partial charge in [0.2, 0.25) is 0 Å². The number of hydrogen-bond donors (Lipinski definition) is 1. The molecule has 1 N–H and O–H groups in total. The van der Waals surface area contributed by atoms with Gasteiger partial charge in [-0.15, -0.1) is 11.3 Å².